The molecule has 0 bridgehead atoms. The van der Waals surface area contributed by atoms with Crippen LogP contribution < -0.4 is 4.74 Å². The van der Waals surface area contributed by atoms with Gasteiger partial charge in [0.2, 0.25) is 0 Å². The number of halogens is 9. The van der Waals surface area contributed by atoms with Crippen LogP contribution in [0.15, 0.2) is 60.7 Å². The Labute approximate surface area is 229 Å². The molecular formula is C29H25F9O3. The number of rotatable bonds is 9. The molecule has 1 aliphatic rings. The van der Waals surface area contributed by atoms with E-state index in [4.69, 9.17) is 9.47 Å². The zero-order chi connectivity index (χ0) is 30.0. The molecule has 2 atom stereocenters. The van der Waals surface area contributed by atoms with Gasteiger partial charge in [-0.1, -0.05) is 37.6 Å². The van der Waals surface area contributed by atoms with E-state index in [1.54, 1.807) is 12.1 Å². The van der Waals surface area contributed by atoms with Crippen molar-refractivity contribution in [3.05, 3.63) is 89.0 Å². The number of alkyl halides is 7. The summed E-state index contributed by atoms with van der Waals surface area (Å²) in [7, 11) is 0. The number of benzene rings is 3. The molecule has 3 nitrogen and oxygen atoms in total. The fourth-order valence-corrected chi connectivity index (χ4v) is 4.73. The Balaban J connectivity index is 1.44. The molecule has 2 unspecified atom stereocenters. The van der Waals surface area contributed by atoms with E-state index in [1.165, 1.54) is 12.1 Å². The summed E-state index contributed by atoms with van der Waals surface area (Å²) in [5, 5.41) is 0. The first-order valence-electron chi connectivity index (χ1n) is 12.7. The summed E-state index contributed by atoms with van der Waals surface area (Å²) >= 11 is 0. The second-order valence-corrected chi connectivity index (χ2v) is 9.70. The predicted octanol–water partition coefficient (Wildman–Crippen LogP) is 9.61. The van der Waals surface area contributed by atoms with Gasteiger partial charge in [-0.05, 0) is 78.3 Å². The Kier molecular flexibility index (Phi) is 8.93. The molecule has 41 heavy (non-hydrogen) atoms. The average molecular weight is 592 g/mol. The fourth-order valence-electron chi connectivity index (χ4n) is 4.73. The molecule has 0 saturated carbocycles. The second kappa shape index (κ2) is 11.9. The van der Waals surface area contributed by atoms with E-state index >= 15 is 0 Å². The highest BCUT2D eigenvalue weighted by Crippen LogP contribution is 2.41. The van der Waals surface area contributed by atoms with Crippen molar-refractivity contribution in [1.82, 2.24) is 0 Å². The Hall–Kier alpha value is -3.25. The van der Waals surface area contributed by atoms with Gasteiger partial charge in [0.1, 0.15) is 22.9 Å². The first-order chi connectivity index (χ1) is 19.2. The van der Waals surface area contributed by atoms with Crippen LogP contribution in [0.25, 0.3) is 11.1 Å². The van der Waals surface area contributed by atoms with Crippen molar-refractivity contribution in [2.45, 2.75) is 57.3 Å². The Morgan fingerprint density at radius 2 is 1.39 bits per heavy atom. The Morgan fingerprint density at radius 1 is 0.780 bits per heavy atom. The van der Waals surface area contributed by atoms with E-state index in [-0.39, 0.29) is 23.0 Å². The van der Waals surface area contributed by atoms with Crippen molar-refractivity contribution in [2.75, 3.05) is 6.61 Å². The van der Waals surface area contributed by atoms with Crippen LogP contribution in [0.3, 0.4) is 0 Å². The normalized spacial score (nSPS) is 18.4. The zero-order valence-electron chi connectivity index (χ0n) is 21.6. The van der Waals surface area contributed by atoms with Crippen molar-refractivity contribution in [2.24, 2.45) is 5.92 Å². The topological polar surface area (TPSA) is 27.7 Å². The zero-order valence-corrected chi connectivity index (χ0v) is 21.6. The number of ether oxygens (including phenoxy) is 3. The van der Waals surface area contributed by atoms with Gasteiger partial charge in [-0.2, -0.15) is 17.6 Å². The van der Waals surface area contributed by atoms with Crippen LogP contribution in [-0.2, 0) is 21.7 Å². The van der Waals surface area contributed by atoms with Crippen LogP contribution in [-0.4, -0.2) is 13.0 Å². The molecule has 1 aliphatic heterocycles. The van der Waals surface area contributed by atoms with Gasteiger partial charge in [-0.15, -0.1) is 13.2 Å². The molecule has 3 aromatic rings. The van der Waals surface area contributed by atoms with Crippen molar-refractivity contribution < 1.29 is 53.7 Å². The molecule has 12 heteroatoms. The molecule has 0 aromatic heterocycles. The van der Waals surface area contributed by atoms with Crippen LogP contribution in [0.2, 0.25) is 0 Å². The molecule has 1 fully saturated rings. The van der Waals surface area contributed by atoms with Crippen LogP contribution in [0.1, 0.15) is 55.4 Å². The maximum atomic E-state index is 14.8. The van der Waals surface area contributed by atoms with Crippen molar-refractivity contribution in [3.63, 3.8) is 0 Å². The minimum absolute atomic E-state index is 0.0110. The third kappa shape index (κ3) is 7.53. The largest absolute Gasteiger partial charge is 0.527 e. The quantitative estimate of drug-likeness (QED) is 0.232. The summed E-state index contributed by atoms with van der Waals surface area (Å²) in [4.78, 5) is 0. The summed E-state index contributed by atoms with van der Waals surface area (Å²) in [6.07, 6.45) is -11.2. The highest BCUT2D eigenvalue weighted by molar-refractivity contribution is 5.65. The van der Waals surface area contributed by atoms with Crippen LogP contribution in [0.4, 0.5) is 39.5 Å². The molecular weight excluding hydrogens is 567 g/mol. The van der Waals surface area contributed by atoms with Gasteiger partial charge >= 0.3 is 18.6 Å². The highest BCUT2D eigenvalue weighted by Gasteiger charge is 2.49. The van der Waals surface area contributed by atoms with Gasteiger partial charge in [0, 0.05) is 0 Å². The van der Waals surface area contributed by atoms with Gasteiger partial charge in [-0.25, -0.2) is 13.5 Å². The molecule has 0 aliphatic carbocycles. The molecule has 0 N–H and O–H groups in total. The second-order valence-electron chi connectivity index (χ2n) is 9.70. The lowest BCUT2D eigenvalue weighted by Crippen LogP contribution is -2.29. The van der Waals surface area contributed by atoms with E-state index in [0.29, 0.717) is 24.7 Å². The average Bonchev–Trinajstić information content (AvgIpc) is 2.87. The van der Waals surface area contributed by atoms with E-state index in [2.05, 4.69) is 11.7 Å². The Morgan fingerprint density at radius 3 is 1.90 bits per heavy atom. The van der Waals surface area contributed by atoms with Gasteiger partial charge < -0.3 is 9.47 Å². The van der Waals surface area contributed by atoms with Crippen LogP contribution in [0, 0.1) is 17.6 Å². The van der Waals surface area contributed by atoms with Crippen molar-refractivity contribution >= 4 is 0 Å². The number of hydrogen-bond acceptors (Lipinski definition) is 3. The van der Waals surface area contributed by atoms with Gasteiger partial charge in [0.25, 0.3) is 0 Å². The van der Waals surface area contributed by atoms with Crippen LogP contribution >= 0.6 is 0 Å². The van der Waals surface area contributed by atoms with Gasteiger partial charge in [0.15, 0.2) is 0 Å². The van der Waals surface area contributed by atoms with E-state index in [1.807, 2.05) is 0 Å². The monoisotopic (exact) mass is 592 g/mol. The lowest BCUT2D eigenvalue weighted by molar-refractivity contribution is -0.432. The lowest BCUT2D eigenvalue weighted by Gasteiger charge is -2.29. The van der Waals surface area contributed by atoms with E-state index < -0.39 is 41.3 Å². The predicted molar refractivity (Wildman–Crippen MR) is 130 cm³/mol. The molecule has 1 heterocycles. The third-order valence-corrected chi connectivity index (χ3v) is 6.70. The SMILES string of the molecule is CCCC1CCC(c2ccc(C(F)(F)Oc3ccc(-c4cc(F)c(C(F)(F)OC(F)(F)F)c(F)c4)cc3)cc2)OC1. The summed E-state index contributed by atoms with van der Waals surface area (Å²) < 4.78 is 136. The van der Waals surface area contributed by atoms with Gasteiger partial charge in [-0.3, -0.25) is 0 Å². The van der Waals surface area contributed by atoms with Crippen LogP contribution in [0.5, 0.6) is 5.75 Å². The lowest BCUT2D eigenvalue weighted by atomic mass is 9.91. The van der Waals surface area contributed by atoms with E-state index in [0.717, 1.165) is 55.5 Å². The molecule has 3 aromatic carbocycles. The maximum absolute atomic E-state index is 14.8. The van der Waals surface area contributed by atoms with E-state index in [9.17, 15) is 39.5 Å². The Bertz CT molecular complexity index is 1290. The summed E-state index contributed by atoms with van der Waals surface area (Å²) in [5.74, 6) is -3.81. The summed E-state index contributed by atoms with van der Waals surface area (Å²) in [5.41, 5.74) is -2.22. The highest BCUT2D eigenvalue weighted by atomic mass is 19.4. The summed E-state index contributed by atoms with van der Waals surface area (Å²) in [6, 6.07) is 10.7. The minimum atomic E-state index is -5.86. The smallest absolute Gasteiger partial charge is 0.429 e. The standard InChI is InChI=1S/C29H25F9O3/c1-2-3-17-4-13-25(39-16-17)19-5-9-21(10-6-19)27(32,33)40-22-11-7-18(8-12-22)20-14-23(30)26(24(31)15-20)28(34,35)41-29(36,37)38/h5-12,14-15,17,25H,2-4,13,16H2,1H3. The summed E-state index contributed by atoms with van der Waals surface area (Å²) in [6.45, 7) is 2.73. The first-order valence-corrected chi connectivity index (χ1v) is 12.7. The fraction of sp³-hybridized carbons (Fsp3) is 0.379. The minimum Gasteiger partial charge on any atom is -0.429 e. The molecule has 0 amide bonds. The number of hydrogen-bond donors (Lipinski definition) is 0. The van der Waals surface area contributed by atoms with Gasteiger partial charge in [0.05, 0.1) is 18.3 Å². The molecule has 0 radical (unpaired) electrons. The maximum Gasteiger partial charge on any atom is 0.527 e. The van der Waals surface area contributed by atoms with Crippen molar-refractivity contribution in [1.29, 1.82) is 0 Å². The third-order valence-electron chi connectivity index (χ3n) is 6.70. The molecule has 222 valence electrons. The molecule has 1 saturated heterocycles. The van der Waals surface area contributed by atoms with Crippen molar-refractivity contribution in [3.8, 4) is 16.9 Å². The molecule has 0 spiro atoms. The first kappa shape index (κ1) is 30.7. The molecule has 4 rings (SSSR count).